The van der Waals surface area contributed by atoms with E-state index in [4.69, 9.17) is 4.74 Å². The number of hydrogen-bond donors (Lipinski definition) is 1. The number of morpholine rings is 1. The molecule has 0 aromatic rings. The fourth-order valence-electron chi connectivity index (χ4n) is 2.51. The van der Waals surface area contributed by atoms with E-state index in [0.717, 1.165) is 19.3 Å². The molecule has 0 aromatic carbocycles. The number of amides is 2. The van der Waals surface area contributed by atoms with Crippen LogP contribution in [0.1, 0.15) is 40.0 Å². The van der Waals surface area contributed by atoms with Crippen LogP contribution in [0.4, 0.5) is 0 Å². The van der Waals surface area contributed by atoms with Crippen LogP contribution >= 0.6 is 0 Å². The van der Waals surface area contributed by atoms with Gasteiger partial charge in [0.05, 0.1) is 13.2 Å². The first kappa shape index (κ1) is 13.3. The molecule has 1 saturated carbocycles. The Morgan fingerprint density at radius 1 is 1.28 bits per heavy atom. The third-order valence-electron chi connectivity index (χ3n) is 4.07. The molecule has 1 atom stereocenters. The van der Waals surface area contributed by atoms with Gasteiger partial charge < -0.3 is 15.0 Å². The van der Waals surface area contributed by atoms with E-state index in [1.165, 1.54) is 6.92 Å². The first-order valence-corrected chi connectivity index (χ1v) is 6.57. The number of carbonyl (C=O) groups is 2. The molecule has 1 aliphatic heterocycles. The zero-order valence-corrected chi connectivity index (χ0v) is 11.4. The van der Waals surface area contributed by atoms with E-state index in [0.29, 0.717) is 19.7 Å². The van der Waals surface area contributed by atoms with E-state index in [2.05, 4.69) is 12.2 Å². The minimum Gasteiger partial charge on any atom is -0.362 e. The first-order chi connectivity index (χ1) is 8.35. The highest BCUT2D eigenvalue weighted by molar-refractivity contribution is 5.87. The van der Waals surface area contributed by atoms with E-state index < -0.39 is 5.60 Å². The van der Waals surface area contributed by atoms with Crippen molar-refractivity contribution in [3.8, 4) is 0 Å². The summed E-state index contributed by atoms with van der Waals surface area (Å²) in [5, 5.41) is 3.06. The van der Waals surface area contributed by atoms with E-state index >= 15 is 0 Å². The van der Waals surface area contributed by atoms with Crippen LogP contribution in [-0.4, -0.2) is 47.6 Å². The van der Waals surface area contributed by atoms with Crippen molar-refractivity contribution in [2.45, 2.75) is 51.2 Å². The summed E-state index contributed by atoms with van der Waals surface area (Å²) >= 11 is 0. The van der Waals surface area contributed by atoms with Gasteiger partial charge in [-0.2, -0.15) is 0 Å². The van der Waals surface area contributed by atoms with Crippen LogP contribution in [0.2, 0.25) is 0 Å². The SMILES string of the molecule is CC(=O)N1CCO[C@@](C)(C(=O)NC2(C)CCC2)C1. The van der Waals surface area contributed by atoms with Crippen molar-refractivity contribution in [2.24, 2.45) is 0 Å². The van der Waals surface area contributed by atoms with Crippen LogP contribution in [0.25, 0.3) is 0 Å². The zero-order chi connectivity index (χ0) is 13.4. The summed E-state index contributed by atoms with van der Waals surface area (Å²) in [5.41, 5.74) is -0.996. The summed E-state index contributed by atoms with van der Waals surface area (Å²) in [6.07, 6.45) is 3.20. The molecule has 1 N–H and O–H groups in total. The normalized spacial score (nSPS) is 30.5. The maximum absolute atomic E-state index is 12.3. The average Bonchev–Trinajstić information content (AvgIpc) is 2.26. The largest absolute Gasteiger partial charge is 0.362 e. The van der Waals surface area contributed by atoms with Crippen LogP contribution in [0.3, 0.4) is 0 Å². The summed E-state index contributed by atoms with van der Waals surface area (Å²) < 4.78 is 5.62. The molecular formula is C13H22N2O3. The van der Waals surface area contributed by atoms with Crippen molar-refractivity contribution < 1.29 is 14.3 Å². The molecule has 0 spiro atoms. The lowest BCUT2D eigenvalue weighted by atomic mass is 9.78. The Hall–Kier alpha value is -1.10. The minimum atomic E-state index is -0.914. The average molecular weight is 254 g/mol. The van der Waals surface area contributed by atoms with Crippen LogP contribution in [0.5, 0.6) is 0 Å². The highest BCUT2D eigenvalue weighted by Gasteiger charge is 2.44. The zero-order valence-electron chi connectivity index (χ0n) is 11.4. The quantitative estimate of drug-likeness (QED) is 0.788. The van der Waals surface area contributed by atoms with E-state index in [-0.39, 0.29) is 17.4 Å². The summed E-state index contributed by atoms with van der Waals surface area (Å²) in [4.78, 5) is 25.4. The van der Waals surface area contributed by atoms with Crippen molar-refractivity contribution in [1.82, 2.24) is 10.2 Å². The minimum absolute atomic E-state index is 0.00724. The molecule has 18 heavy (non-hydrogen) atoms. The summed E-state index contributed by atoms with van der Waals surface area (Å²) in [7, 11) is 0. The van der Waals surface area contributed by atoms with Gasteiger partial charge in [0.2, 0.25) is 5.91 Å². The molecule has 0 unspecified atom stereocenters. The molecule has 5 heteroatoms. The topological polar surface area (TPSA) is 58.6 Å². The molecule has 5 nitrogen and oxygen atoms in total. The van der Waals surface area contributed by atoms with Gasteiger partial charge in [-0.25, -0.2) is 0 Å². The molecule has 1 aliphatic carbocycles. The maximum atomic E-state index is 12.3. The van der Waals surface area contributed by atoms with Crippen molar-refractivity contribution in [3.05, 3.63) is 0 Å². The number of rotatable bonds is 2. The predicted octanol–water partition coefficient (Wildman–Crippen LogP) is 0.683. The van der Waals surface area contributed by atoms with Crippen LogP contribution < -0.4 is 5.32 Å². The molecule has 2 fully saturated rings. The molecule has 0 radical (unpaired) electrons. The van der Waals surface area contributed by atoms with Crippen molar-refractivity contribution in [3.63, 3.8) is 0 Å². The van der Waals surface area contributed by atoms with E-state index in [1.54, 1.807) is 11.8 Å². The Morgan fingerprint density at radius 2 is 1.94 bits per heavy atom. The molecule has 102 valence electrons. The number of carbonyl (C=O) groups excluding carboxylic acids is 2. The van der Waals surface area contributed by atoms with E-state index in [9.17, 15) is 9.59 Å². The van der Waals surface area contributed by atoms with E-state index in [1.807, 2.05) is 0 Å². The highest BCUT2D eigenvalue weighted by atomic mass is 16.5. The molecule has 1 saturated heterocycles. The second-order valence-corrected chi connectivity index (χ2v) is 5.89. The monoisotopic (exact) mass is 254 g/mol. The van der Waals surface area contributed by atoms with Gasteiger partial charge >= 0.3 is 0 Å². The van der Waals surface area contributed by atoms with Gasteiger partial charge in [-0.15, -0.1) is 0 Å². The second-order valence-electron chi connectivity index (χ2n) is 5.89. The second kappa shape index (κ2) is 4.53. The standard InChI is InChI=1S/C13H22N2O3/c1-10(16)15-7-8-18-13(3,9-15)11(17)14-12(2)5-4-6-12/h4-9H2,1-3H3,(H,14,17)/t13-/m1/s1. The number of nitrogens with zero attached hydrogens (tertiary/aromatic N) is 1. The maximum Gasteiger partial charge on any atom is 0.254 e. The summed E-state index contributed by atoms with van der Waals surface area (Å²) in [6, 6.07) is 0. The molecular weight excluding hydrogens is 232 g/mol. The first-order valence-electron chi connectivity index (χ1n) is 6.57. The molecule has 2 rings (SSSR count). The van der Waals surface area contributed by atoms with Crippen LogP contribution in [-0.2, 0) is 14.3 Å². The number of hydrogen-bond acceptors (Lipinski definition) is 3. The lowest BCUT2D eigenvalue weighted by Gasteiger charge is -2.44. The van der Waals surface area contributed by atoms with Gasteiger partial charge in [0, 0.05) is 19.0 Å². The van der Waals surface area contributed by atoms with Gasteiger partial charge in [0.1, 0.15) is 0 Å². The Morgan fingerprint density at radius 3 is 2.44 bits per heavy atom. The Kier molecular flexibility index (Phi) is 3.36. The van der Waals surface area contributed by atoms with Gasteiger partial charge in [-0.1, -0.05) is 0 Å². The number of nitrogens with one attached hydrogen (secondary N) is 1. The molecule has 0 aromatic heterocycles. The Balaban J connectivity index is 2.00. The lowest BCUT2D eigenvalue weighted by Crippen LogP contribution is -2.63. The third kappa shape index (κ3) is 2.51. The van der Waals surface area contributed by atoms with Gasteiger partial charge in [0.15, 0.2) is 5.60 Å². The van der Waals surface area contributed by atoms with Crippen molar-refractivity contribution in [1.29, 1.82) is 0 Å². The van der Waals surface area contributed by atoms with Crippen LogP contribution in [0, 0.1) is 0 Å². The van der Waals surface area contributed by atoms with Gasteiger partial charge in [-0.3, -0.25) is 9.59 Å². The summed E-state index contributed by atoms with van der Waals surface area (Å²) in [6.45, 7) is 6.67. The predicted molar refractivity (Wildman–Crippen MR) is 67.0 cm³/mol. The highest BCUT2D eigenvalue weighted by Crippen LogP contribution is 2.32. The van der Waals surface area contributed by atoms with Crippen molar-refractivity contribution in [2.75, 3.05) is 19.7 Å². The lowest BCUT2D eigenvalue weighted by molar-refractivity contribution is -0.164. The Labute approximate surface area is 108 Å². The number of ether oxygens (including phenoxy) is 1. The van der Waals surface area contributed by atoms with Gasteiger partial charge in [-0.05, 0) is 33.1 Å². The third-order valence-corrected chi connectivity index (χ3v) is 4.07. The van der Waals surface area contributed by atoms with Crippen molar-refractivity contribution >= 4 is 11.8 Å². The smallest absolute Gasteiger partial charge is 0.254 e. The fraction of sp³-hybridized carbons (Fsp3) is 0.846. The Bertz CT molecular complexity index is 365. The molecule has 2 aliphatic rings. The van der Waals surface area contributed by atoms with Gasteiger partial charge in [0.25, 0.3) is 5.91 Å². The van der Waals surface area contributed by atoms with Crippen LogP contribution in [0.15, 0.2) is 0 Å². The molecule has 0 bridgehead atoms. The molecule has 1 heterocycles. The summed E-state index contributed by atoms with van der Waals surface area (Å²) in [5.74, 6) is -0.108. The fourth-order valence-corrected chi connectivity index (χ4v) is 2.51. The molecule has 2 amide bonds.